The van der Waals surface area contributed by atoms with E-state index in [2.05, 4.69) is 4.98 Å². The summed E-state index contributed by atoms with van der Waals surface area (Å²) in [7, 11) is 0. The van der Waals surface area contributed by atoms with E-state index >= 15 is 0 Å². The van der Waals surface area contributed by atoms with Gasteiger partial charge in [0.25, 0.3) is 0 Å². The summed E-state index contributed by atoms with van der Waals surface area (Å²) < 4.78 is 0. The second-order valence-electron chi connectivity index (χ2n) is 4.77. The molecule has 0 aliphatic carbocycles. The number of halogens is 1. The second-order valence-corrected chi connectivity index (χ2v) is 5.18. The van der Waals surface area contributed by atoms with E-state index in [9.17, 15) is 5.11 Å². The highest BCUT2D eigenvalue weighted by Gasteiger charge is 2.14. The summed E-state index contributed by atoms with van der Waals surface area (Å²) in [5, 5.41) is 11.6. The molecule has 2 nitrogen and oxygen atoms in total. The minimum Gasteiger partial charge on any atom is -0.387 e. The van der Waals surface area contributed by atoms with Crippen molar-refractivity contribution in [3.05, 3.63) is 65.3 Å². The Morgan fingerprint density at radius 2 is 1.80 bits per heavy atom. The molecule has 3 rings (SSSR count). The molecule has 1 aromatic heterocycles. The normalized spacial score (nSPS) is 12.6. The van der Waals surface area contributed by atoms with Gasteiger partial charge in [-0.3, -0.25) is 0 Å². The van der Waals surface area contributed by atoms with Crippen molar-refractivity contribution >= 4 is 22.5 Å². The lowest BCUT2D eigenvalue weighted by Crippen LogP contribution is -2.00. The van der Waals surface area contributed by atoms with E-state index in [1.165, 1.54) is 0 Å². The monoisotopic (exact) mass is 283 g/mol. The van der Waals surface area contributed by atoms with Crippen LogP contribution in [0.5, 0.6) is 0 Å². The van der Waals surface area contributed by atoms with Gasteiger partial charge in [-0.1, -0.05) is 48.0 Å². The van der Waals surface area contributed by atoms with Gasteiger partial charge in [0, 0.05) is 16.0 Å². The summed E-state index contributed by atoms with van der Waals surface area (Å²) in [5.74, 6) is 0. The van der Waals surface area contributed by atoms with Gasteiger partial charge in [-0.15, -0.1) is 0 Å². The fourth-order valence-corrected chi connectivity index (χ4v) is 2.57. The first-order chi connectivity index (χ1) is 9.66. The van der Waals surface area contributed by atoms with Gasteiger partial charge < -0.3 is 5.11 Å². The molecule has 3 aromatic rings. The molecular formula is C17H14ClNO. The Bertz CT molecular complexity index is 754. The van der Waals surface area contributed by atoms with Gasteiger partial charge in [-0.2, -0.15) is 0 Å². The van der Waals surface area contributed by atoms with E-state index in [4.69, 9.17) is 11.6 Å². The molecule has 0 spiro atoms. The Hall–Kier alpha value is -1.90. The predicted molar refractivity (Wildman–Crippen MR) is 82.8 cm³/mol. The molecule has 0 amide bonds. The summed E-state index contributed by atoms with van der Waals surface area (Å²) in [6.45, 7) is 1.73. The Morgan fingerprint density at radius 1 is 1.05 bits per heavy atom. The molecular weight excluding hydrogens is 270 g/mol. The Labute approximate surface area is 122 Å². The van der Waals surface area contributed by atoms with Crippen molar-refractivity contribution in [1.29, 1.82) is 0 Å². The summed E-state index contributed by atoms with van der Waals surface area (Å²) in [6.07, 6.45) is -0.631. The second kappa shape index (κ2) is 5.23. The van der Waals surface area contributed by atoms with E-state index in [0.29, 0.717) is 10.7 Å². The molecule has 20 heavy (non-hydrogen) atoms. The number of pyridine rings is 1. The first kappa shape index (κ1) is 13.1. The Balaban J connectivity index is 2.34. The van der Waals surface area contributed by atoms with Gasteiger partial charge in [0.05, 0.1) is 17.3 Å². The molecule has 1 atom stereocenters. The summed E-state index contributed by atoms with van der Waals surface area (Å²) in [5.41, 5.74) is 3.41. The zero-order valence-electron chi connectivity index (χ0n) is 11.0. The number of aromatic nitrogens is 1. The molecule has 0 saturated carbocycles. The zero-order valence-corrected chi connectivity index (χ0v) is 11.8. The van der Waals surface area contributed by atoms with Crippen LogP contribution in [0.1, 0.15) is 18.7 Å². The van der Waals surface area contributed by atoms with Crippen LogP contribution in [0.25, 0.3) is 22.0 Å². The maximum Gasteiger partial charge on any atom is 0.0938 e. The Morgan fingerprint density at radius 3 is 2.50 bits per heavy atom. The van der Waals surface area contributed by atoms with Gasteiger partial charge in [-0.25, -0.2) is 4.98 Å². The fraction of sp³-hybridized carbons (Fsp3) is 0.118. The first-order valence-electron chi connectivity index (χ1n) is 6.49. The third kappa shape index (κ3) is 2.28. The average Bonchev–Trinajstić information content (AvgIpc) is 2.47. The largest absolute Gasteiger partial charge is 0.387 e. The lowest BCUT2D eigenvalue weighted by Gasteiger charge is -2.13. The van der Waals surface area contributed by atoms with Crippen LogP contribution in [0.2, 0.25) is 5.02 Å². The average molecular weight is 284 g/mol. The molecule has 0 saturated heterocycles. The minimum absolute atomic E-state index is 0.631. The van der Waals surface area contributed by atoms with Crippen LogP contribution in [0.3, 0.4) is 0 Å². The highest BCUT2D eigenvalue weighted by atomic mass is 35.5. The van der Waals surface area contributed by atoms with E-state index in [-0.39, 0.29) is 0 Å². The number of aliphatic hydroxyl groups excluding tert-OH is 1. The van der Waals surface area contributed by atoms with E-state index in [1.807, 2.05) is 54.6 Å². The van der Waals surface area contributed by atoms with E-state index in [1.54, 1.807) is 6.92 Å². The van der Waals surface area contributed by atoms with Crippen molar-refractivity contribution in [2.45, 2.75) is 13.0 Å². The van der Waals surface area contributed by atoms with Crippen molar-refractivity contribution in [1.82, 2.24) is 4.98 Å². The maximum absolute atomic E-state index is 10.00. The van der Waals surface area contributed by atoms with Crippen molar-refractivity contribution in [3.8, 4) is 11.1 Å². The molecule has 0 radical (unpaired) electrons. The van der Waals surface area contributed by atoms with E-state index in [0.717, 1.165) is 22.0 Å². The molecule has 1 heterocycles. The number of fused-ring (bicyclic) bond motifs is 1. The summed E-state index contributed by atoms with van der Waals surface area (Å²) >= 11 is 6.25. The number of hydrogen-bond donors (Lipinski definition) is 1. The quantitative estimate of drug-likeness (QED) is 0.745. The third-order valence-corrected chi connectivity index (χ3v) is 3.65. The summed E-state index contributed by atoms with van der Waals surface area (Å²) in [6, 6.07) is 17.5. The summed E-state index contributed by atoms with van der Waals surface area (Å²) in [4.78, 5) is 4.58. The van der Waals surface area contributed by atoms with Gasteiger partial charge >= 0.3 is 0 Å². The molecule has 0 aliphatic rings. The third-order valence-electron chi connectivity index (χ3n) is 3.32. The number of aliphatic hydroxyl groups is 1. The lowest BCUT2D eigenvalue weighted by molar-refractivity contribution is 0.195. The standard InChI is InChI=1S/C17H14ClNO/c1-11(20)17-13(12-6-3-2-4-7-12)10-14-15(18)8-5-9-16(14)19-17/h2-11,20H,1H3. The van der Waals surface area contributed by atoms with Gasteiger partial charge in [0.15, 0.2) is 0 Å². The number of benzene rings is 2. The molecule has 1 unspecified atom stereocenters. The number of hydrogen-bond acceptors (Lipinski definition) is 2. The first-order valence-corrected chi connectivity index (χ1v) is 6.87. The van der Waals surface area contributed by atoms with Crippen LogP contribution >= 0.6 is 11.6 Å². The van der Waals surface area contributed by atoms with Crippen LogP contribution in [-0.4, -0.2) is 10.1 Å². The molecule has 100 valence electrons. The molecule has 0 aliphatic heterocycles. The van der Waals surface area contributed by atoms with Crippen molar-refractivity contribution in [2.24, 2.45) is 0 Å². The molecule has 0 fully saturated rings. The molecule has 0 bridgehead atoms. The molecule has 3 heteroatoms. The van der Waals surface area contributed by atoms with Gasteiger partial charge in [0.2, 0.25) is 0 Å². The Kier molecular flexibility index (Phi) is 3.43. The van der Waals surface area contributed by atoms with Crippen molar-refractivity contribution in [2.75, 3.05) is 0 Å². The number of nitrogens with zero attached hydrogens (tertiary/aromatic N) is 1. The van der Waals surface area contributed by atoms with Crippen LogP contribution in [-0.2, 0) is 0 Å². The van der Waals surface area contributed by atoms with Gasteiger partial charge in [0.1, 0.15) is 0 Å². The molecule has 1 N–H and O–H groups in total. The predicted octanol–water partition coefficient (Wildman–Crippen LogP) is 4.61. The highest BCUT2D eigenvalue weighted by Crippen LogP contribution is 2.32. The van der Waals surface area contributed by atoms with E-state index < -0.39 is 6.10 Å². The van der Waals surface area contributed by atoms with Crippen molar-refractivity contribution in [3.63, 3.8) is 0 Å². The zero-order chi connectivity index (χ0) is 14.1. The topological polar surface area (TPSA) is 33.1 Å². The highest BCUT2D eigenvalue weighted by molar-refractivity contribution is 6.35. The lowest BCUT2D eigenvalue weighted by atomic mass is 9.99. The van der Waals surface area contributed by atoms with Crippen LogP contribution in [0.4, 0.5) is 0 Å². The fourth-order valence-electron chi connectivity index (χ4n) is 2.34. The molecule has 2 aromatic carbocycles. The number of rotatable bonds is 2. The van der Waals surface area contributed by atoms with Crippen LogP contribution in [0.15, 0.2) is 54.6 Å². The van der Waals surface area contributed by atoms with Crippen molar-refractivity contribution < 1.29 is 5.11 Å². The van der Waals surface area contributed by atoms with Crippen LogP contribution < -0.4 is 0 Å². The minimum atomic E-state index is -0.631. The smallest absolute Gasteiger partial charge is 0.0938 e. The van der Waals surface area contributed by atoms with Crippen LogP contribution in [0, 0.1) is 0 Å². The van der Waals surface area contributed by atoms with Gasteiger partial charge in [-0.05, 0) is 30.7 Å². The SMILES string of the molecule is CC(O)c1nc2cccc(Cl)c2cc1-c1ccccc1. The maximum atomic E-state index is 10.00.